The molecule has 1 heterocycles. The summed E-state index contributed by atoms with van der Waals surface area (Å²) in [7, 11) is 6.38. The molecule has 0 saturated carbocycles. The average molecular weight is 529 g/mol. The molecule has 2 aromatic carbocycles. The first-order chi connectivity index (χ1) is 17.1. The molecule has 2 aromatic rings. The van der Waals surface area contributed by atoms with Gasteiger partial charge in [-0.2, -0.15) is 0 Å². The third-order valence-electron chi connectivity index (χ3n) is 6.95. The van der Waals surface area contributed by atoms with Gasteiger partial charge in [0.1, 0.15) is 12.4 Å². The molecular formula is C26H30FN4O3PS. The molecule has 0 spiro atoms. The predicted octanol–water partition coefficient (Wildman–Crippen LogP) is 2.24. The van der Waals surface area contributed by atoms with Gasteiger partial charge in [0.15, 0.2) is 0 Å². The zero-order valence-corrected chi connectivity index (χ0v) is 22.3. The fourth-order valence-electron chi connectivity index (χ4n) is 5.00. The molecule has 10 heteroatoms. The molecule has 190 valence electrons. The molecule has 3 unspecified atom stereocenters. The number of halogens is 1. The monoisotopic (exact) mass is 528 g/mol. The molecule has 1 fully saturated rings. The van der Waals surface area contributed by atoms with Crippen molar-refractivity contribution in [2.75, 3.05) is 37.5 Å². The molecule has 7 nitrogen and oxygen atoms in total. The van der Waals surface area contributed by atoms with E-state index in [0.717, 1.165) is 11.1 Å². The van der Waals surface area contributed by atoms with E-state index >= 15 is 0 Å². The van der Waals surface area contributed by atoms with E-state index in [1.54, 1.807) is 0 Å². The number of hydrogen-bond donors (Lipinski definition) is 2. The van der Waals surface area contributed by atoms with E-state index in [-0.39, 0.29) is 36.0 Å². The zero-order valence-electron chi connectivity index (χ0n) is 20.3. The quantitative estimate of drug-likeness (QED) is 0.406. The average Bonchev–Trinajstić information content (AvgIpc) is 3.20. The maximum atomic E-state index is 14.0. The van der Waals surface area contributed by atoms with Crippen molar-refractivity contribution >= 4 is 50.2 Å². The first-order valence-electron chi connectivity index (χ1n) is 11.5. The fourth-order valence-corrected chi connectivity index (χ4v) is 6.41. The number of rotatable bonds is 8. The Morgan fingerprint density at radius 1 is 1.28 bits per heavy atom. The van der Waals surface area contributed by atoms with Gasteiger partial charge >= 0.3 is 0 Å². The van der Waals surface area contributed by atoms with Gasteiger partial charge in [0.25, 0.3) is 0 Å². The van der Waals surface area contributed by atoms with E-state index in [9.17, 15) is 18.8 Å². The number of likely N-dealkylation sites (N-methyl/N-ethyl adjacent to an activating group) is 1. The molecule has 1 aliphatic heterocycles. The van der Waals surface area contributed by atoms with E-state index in [0.29, 0.717) is 47.3 Å². The molecule has 0 aromatic heterocycles. The van der Waals surface area contributed by atoms with Crippen LogP contribution in [0.25, 0.3) is 0 Å². The van der Waals surface area contributed by atoms with Crippen molar-refractivity contribution < 1.29 is 18.8 Å². The van der Waals surface area contributed by atoms with Gasteiger partial charge in [0.05, 0.1) is 17.3 Å². The van der Waals surface area contributed by atoms with Crippen LogP contribution in [-0.2, 0) is 27.2 Å². The normalized spacial score (nSPS) is 21.3. The van der Waals surface area contributed by atoms with Crippen molar-refractivity contribution in [3.05, 3.63) is 71.2 Å². The molecule has 3 atom stereocenters. The topological polar surface area (TPSA) is 81.8 Å². The highest BCUT2D eigenvalue weighted by Gasteiger charge is 2.42. The van der Waals surface area contributed by atoms with Crippen LogP contribution in [0, 0.1) is 5.82 Å². The van der Waals surface area contributed by atoms with Gasteiger partial charge in [0.2, 0.25) is 18.2 Å². The van der Waals surface area contributed by atoms with E-state index in [2.05, 4.69) is 31.4 Å². The Kier molecular flexibility index (Phi) is 7.83. The van der Waals surface area contributed by atoms with Crippen LogP contribution in [0.2, 0.25) is 0 Å². The summed E-state index contributed by atoms with van der Waals surface area (Å²) in [5.41, 5.74) is 3.68. The van der Waals surface area contributed by atoms with Gasteiger partial charge in [-0.05, 0) is 79.3 Å². The number of carbonyl (C=O) groups is 3. The number of benzene rings is 2. The fraction of sp³-hybridized carbons (Fsp3) is 0.346. The number of nitrogens with zero attached hydrogens (tertiary/aromatic N) is 2. The lowest BCUT2D eigenvalue weighted by Crippen LogP contribution is -2.50. The van der Waals surface area contributed by atoms with Gasteiger partial charge in [-0.15, -0.1) is 21.0 Å². The Balaban J connectivity index is 1.49. The Labute approximate surface area is 217 Å². The SMILES string of the molecule is C=C(NC=O)C1(N(C)C)Cc2ccc(NC(=O)CN3C(=O)CSCC3c3cc(F)cc(P)c3)cc2C1. The second-order valence-electron chi connectivity index (χ2n) is 9.42. The molecule has 1 saturated heterocycles. The standard InChI is InChI=1S/C26H30FN4O3PS/c1-16(28-15-32)26(30(2)3)10-17-4-5-21(7-19(17)11-26)29-24(33)12-31-23(13-36-14-25(31)34)18-6-20(27)9-22(35)8-18/h4-9,15,23H,1,10-14,35H2,2-3H3,(H,28,32)(H,29,33). The van der Waals surface area contributed by atoms with Crippen molar-refractivity contribution in [2.45, 2.75) is 24.4 Å². The number of anilines is 1. The van der Waals surface area contributed by atoms with Crippen LogP contribution in [0.15, 0.2) is 48.7 Å². The van der Waals surface area contributed by atoms with E-state index in [4.69, 9.17) is 0 Å². The molecule has 2 aliphatic rings. The smallest absolute Gasteiger partial charge is 0.244 e. The van der Waals surface area contributed by atoms with Gasteiger partial charge in [-0.25, -0.2) is 4.39 Å². The van der Waals surface area contributed by atoms with Gasteiger partial charge in [-0.1, -0.05) is 12.6 Å². The molecule has 0 bridgehead atoms. The Bertz CT molecular complexity index is 1200. The Hall–Kier alpha value is -2.74. The first kappa shape index (κ1) is 26.3. The Morgan fingerprint density at radius 2 is 2.03 bits per heavy atom. The summed E-state index contributed by atoms with van der Waals surface area (Å²) in [6.07, 6.45) is 1.97. The van der Waals surface area contributed by atoms with E-state index < -0.39 is 5.54 Å². The second kappa shape index (κ2) is 10.7. The minimum Gasteiger partial charge on any atom is -0.331 e. The second-order valence-corrected chi connectivity index (χ2v) is 11.1. The first-order valence-corrected chi connectivity index (χ1v) is 13.3. The third kappa shape index (κ3) is 5.33. The summed E-state index contributed by atoms with van der Waals surface area (Å²) in [6.45, 7) is 3.95. The minimum atomic E-state index is -0.446. The van der Waals surface area contributed by atoms with Crippen LogP contribution in [0.1, 0.15) is 22.7 Å². The number of thioether (sulfide) groups is 1. The van der Waals surface area contributed by atoms with Crippen LogP contribution in [0.5, 0.6) is 0 Å². The number of fused-ring (bicyclic) bond motifs is 1. The van der Waals surface area contributed by atoms with E-state index in [1.165, 1.54) is 28.8 Å². The highest BCUT2D eigenvalue weighted by Crippen LogP contribution is 2.38. The number of nitrogens with one attached hydrogen (secondary N) is 2. The molecule has 36 heavy (non-hydrogen) atoms. The van der Waals surface area contributed by atoms with E-state index in [1.807, 2.05) is 38.4 Å². The maximum absolute atomic E-state index is 14.0. The summed E-state index contributed by atoms with van der Waals surface area (Å²) >= 11 is 1.48. The predicted molar refractivity (Wildman–Crippen MR) is 145 cm³/mol. The van der Waals surface area contributed by atoms with Crippen LogP contribution in [0.3, 0.4) is 0 Å². The molecular weight excluding hydrogens is 498 g/mol. The molecule has 3 amide bonds. The van der Waals surface area contributed by atoms with Crippen molar-refractivity contribution in [2.24, 2.45) is 0 Å². The Morgan fingerprint density at radius 3 is 2.72 bits per heavy atom. The summed E-state index contributed by atoms with van der Waals surface area (Å²) in [6, 6.07) is 10.0. The van der Waals surface area contributed by atoms with Crippen LogP contribution >= 0.6 is 21.0 Å². The highest BCUT2D eigenvalue weighted by molar-refractivity contribution is 8.00. The maximum Gasteiger partial charge on any atom is 0.244 e. The molecule has 0 radical (unpaired) electrons. The minimum absolute atomic E-state index is 0.119. The lowest BCUT2D eigenvalue weighted by Gasteiger charge is -2.37. The third-order valence-corrected chi connectivity index (χ3v) is 8.28. The van der Waals surface area contributed by atoms with Crippen LogP contribution in [0.4, 0.5) is 10.1 Å². The van der Waals surface area contributed by atoms with Crippen LogP contribution in [-0.4, -0.2) is 65.7 Å². The van der Waals surface area contributed by atoms with Crippen molar-refractivity contribution in [3.8, 4) is 0 Å². The molecule has 4 rings (SSSR count). The molecule has 1 aliphatic carbocycles. The summed E-state index contributed by atoms with van der Waals surface area (Å²) in [5, 5.41) is 6.32. The van der Waals surface area contributed by atoms with Gasteiger partial charge < -0.3 is 15.5 Å². The van der Waals surface area contributed by atoms with Gasteiger partial charge in [-0.3, -0.25) is 19.3 Å². The number of hydrogen-bond acceptors (Lipinski definition) is 5. The highest BCUT2D eigenvalue weighted by atomic mass is 32.2. The lowest BCUT2D eigenvalue weighted by molar-refractivity contribution is -0.134. The number of amides is 3. The lowest BCUT2D eigenvalue weighted by atomic mass is 9.90. The largest absolute Gasteiger partial charge is 0.331 e. The zero-order chi connectivity index (χ0) is 26.0. The summed E-state index contributed by atoms with van der Waals surface area (Å²) in [4.78, 5) is 40.3. The molecule has 2 N–H and O–H groups in total. The summed E-state index contributed by atoms with van der Waals surface area (Å²) < 4.78 is 14.0. The summed E-state index contributed by atoms with van der Waals surface area (Å²) in [5.74, 6) is 0.0506. The van der Waals surface area contributed by atoms with Crippen molar-refractivity contribution in [1.29, 1.82) is 0 Å². The van der Waals surface area contributed by atoms with Crippen LogP contribution < -0.4 is 15.9 Å². The van der Waals surface area contributed by atoms with Gasteiger partial charge in [0, 0.05) is 17.1 Å². The number of carbonyl (C=O) groups excluding carboxylic acids is 3. The van der Waals surface area contributed by atoms with Crippen molar-refractivity contribution in [3.63, 3.8) is 0 Å². The van der Waals surface area contributed by atoms with Crippen molar-refractivity contribution in [1.82, 2.24) is 15.1 Å².